The Bertz CT molecular complexity index is 2000. The minimum absolute atomic E-state index is 0.196. The Labute approximate surface area is 378 Å². The first-order valence-corrected chi connectivity index (χ1v) is 21.5. The van der Waals surface area contributed by atoms with Crippen LogP contribution in [-0.2, 0) is 0 Å². The summed E-state index contributed by atoms with van der Waals surface area (Å²) in [5.41, 5.74) is 3.78. The third-order valence-electron chi connectivity index (χ3n) is 8.68. The summed E-state index contributed by atoms with van der Waals surface area (Å²) in [6.45, 7) is 2.92. The molecule has 13 heteroatoms. The van der Waals surface area contributed by atoms with Crippen molar-refractivity contribution in [2.75, 3.05) is 55.4 Å². The molecule has 0 unspecified atom stereocenters. The molecule has 0 aromatic heterocycles. The molecule has 0 aliphatic rings. The van der Waals surface area contributed by atoms with Crippen molar-refractivity contribution in [3.8, 4) is 17.2 Å². The zero-order chi connectivity index (χ0) is 40.7. The van der Waals surface area contributed by atoms with Crippen LogP contribution in [0.25, 0.3) is 0 Å². The molecule has 0 saturated heterocycles. The van der Waals surface area contributed by atoms with Gasteiger partial charge in [0.1, 0.15) is 37.1 Å². The molecule has 6 aromatic carbocycles. The maximum atomic E-state index is 12.7. The number of nitrogens with zero attached hydrogens (tertiary/aromatic N) is 1. The number of nitrogens with one attached hydrogen (secondary N) is 3. The van der Waals surface area contributed by atoms with Crippen molar-refractivity contribution >= 4 is 103 Å². The van der Waals surface area contributed by atoms with Crippen LogP contribution >= 0.6 is 67.8 Å². The van der Waals surface area contributed by atoms with Crippen molar-refractivity contribution in [3.63, 3.8) is 0 Å². The van der Waals surface area contributed by atoms with Gasteiger partial charge in [0.15, 0.2) is 0 Å². The fraction of sp³-hybridized carbons (Fsp3) is 0.133. The van der Waals surface area contributed by atoms with Crippen molar-refractivity contribution in [1.29, 1.82) is 0 Å². The second-order valence-corrected chi connectivity index (χ2v) is 16.6. The normalized spacial score (nSPS) is 10.8. The lowest BCUT2D eigenvalue weighted by molar-refractivity contribution is 0.101. The molecule has 0 aliphatic heterocycles. The van der Waals surface area contributed by atoms with Gasteiger partial charge in [-0.25, -0.2) is 0 Å². The van der Waals surface area contributed by atoms with E-state index in [0.29, 0.717) is 73.4 Å². The third-order valence-corrected chi connectivity index (χ3v) is 10.8. The van der Waals surface area contributed by atoms with Crippen molar-refractivity contribution in [3.05, 3.63) is 173 Å². The smallest absolute Gasteiger partial charge is 0.255 e. The zero-order valence-corrected chi connectivity index (χ0v) is 37.6. The summed E-state index contributed by atoms with van der Waals surface area (Å²) >= 11 is 6.67. The number of hydrogen-bond acceptors (Lipinski definition) is 7. The second kappa shape index (κ2) is 21.9. The van der Waals surface area contributed by atoms with Crippen LogP contribution in [0.5, 0.6) is 17.2 Å². The average Bonchev–Trinajstić information content (AvgIpc) is 3.24. The number of ether oxygens (including phenoxy) is 3. The maximum Gasteiger partial charge on any atom is 0.255 e. The number of benzene rings is 6. The number of amides is 3. The monoisotopic (exact) mass is 1110 g/mol. The molecule has 0 radical (unpaired) electrons. The van der Waals surface area contributed by atoms with Gasteiger partial charge < -0.3 is 30.2 Å². The molecule has 0 bridgehead atoms. The van der Waals surface area contributed by atoms with Crippen LogP contribution in [0.3, 0.4) is 0 Å². The van der Waals surface area contributed by atoms with Crippen LogP contribution in [0, 0.1) is 10.7 Å². The van der Waals surface area contributed by atoms with Crippen molar-refractivity contribution < 1.29 is 28.6 Å². The molecular formula is C45H39I3N4O6. The first-order valence-electron chi connectivity index (χ1n) is 18.3. The molecule has 6 rings (SSSR count). The van der Waals surface area contributed by atoms with E-state index in [4.69, 9.17) is 14.2 Å². The van der Waals surface area contributed by atoms with Crippen LogP contribution in [0.4, 0.5) is 17.1 Å². The maximum absolute atomic E-state index is 12.7. The minimum atomic E-state index is -0.196. The lowest BCUT2D eigenvalue weighted by Crippen LogP contribution is -2.35. The van der Waals surface area contributed by atoms with Crippen molar-refractivity contribution in [2.24, 2.45) is 0 Å². The van der Waals surface area contributed by atoms with Gasteiger partial charge in [0.25, 0.3) is 17.7 Å². The minimum Gasteiger partial charge on any atom is -0.492 e. The number of anilines is 3. The highest BCUT2D eigenvalue weighted by Gasteiger charge is 2.12. The molecule has 10 nitrogen and oxygen atoms in total. The van der Waals surface area contributed by atoms with Crippen LogP contribution in [0.1, 0.15) is 31.1 Å². The fourth-order valence-electron chi connectivity index (χ4n) is 5.53. The molecule has 58 heavy (non-hydrogen) atoms. The Balaban J connectivity index is 1.00. The van der Waals surface area contributed by atoms with Crippen LogP contribution < -0.4 is 30.2 Å². The Kier molecular flexibility index (Phi) is 16.2. The number of halogens is 3. The molecule has 0 atom stereocenters. The van der Waals surface area contributed by atoms with E-state index in [1.54, 1.807) is 72.8 Å². The van der Waals surface area contributed by atoms with E-state index in [0.717, 1.165) is 27.8 Å². The van der Waals surface area contributed by atoms with Crippen LogP contribution in [0.15, 0.2) is 146 Å². The summed E-state index contributed by atoms with van der Waals surface area (Å²) in [5.74, 6) is 1.36. The van der Waals surface area contributed by atoms with Gasteiger partial charge >= 0.3 is 0 Å². The fourth-order valence-corrected chi connectivity index (χ4v) is 6.61. The average molecular weight is 1110 g/mol. The quantitative estimate of drug-likeness (QED) is 0.0734. The first-order chi connectivity index (χ1) is 28.2. The van der Waals surface area contributed by atoms with E-state index < -0.39 is 0 Å². The van der Waals surface area contributed by atoms with E-state index in [1.165, 1.54) is 0 Å². The Hall–Kier alpha value is -4.72. The number of rotatable bonds is 18. The van der Waals surface area contributed by atoms with E-state index in [2.05, 4.69) is 88.6 Å². The largest absolute Gasteiger partial charge is 0.492 e. The van der Waals surface area contributed by atoms with Gasteiger partial charge in [-0.2, -0.15) is 0 Å². The SMILES string of the molecule is O=C(Nc1ccc(I)cc1)c1ccc(OCCN(CCOc2ccc(C(=O)Nc3ccc(I)cc3)cc2)CCOc2ccc(C(=O)Nc3ccc(I)cc3)cc2)cc1. The van der Waals surface area contributed by atoms with Crippen molar-refractivity contribution in [2.45, 2.75) is 0 Å². The summed E-state index contributed by atoms with van der Waals surface area (Å²) in [4.78, 5) is 40.4. The van der Waals surface area contributed by atoms with Crippen molar-refractivity contribution in [1.82, 2.24) is 4.90 Å². The van der Waals surface area contributed by atoms with Crippen LogP contribution in [-0.4, -0.2) is 62.1 Å². The highest BCUT2D eigenvalue weighted by atomic mass is 127. The summed E-state index contributed by atoms with van der Waals surface area (Å²) in [7, 11) is 0. The van der Waals surface area contributed by atoms with E-state index in [-0.39, 0.29) is 17.7 Å². The second-order valence-electron chi connectivity index (χ2n) is 12.8. The molecule has 0 fully saturated rings. The predicted molar refractivity (Wildman–Crippen MR) is 254 cm³/mol. The predicted octanol–water partition coefficient (Wildman–Crippen LogP) is 10.1. The van der Waals surface area contributed by atoms with Gasteiger partial charge in [-0.1, -0.05) is 0 Å². The number of carbonyl (C=O) groups is 3. The summed E-state index contributed by atoms with van der Waals surface area (Å²) < 4.78 is 21.5. The topological polar surface area (TPSA) is 118 Å². The first kappa shape index (κ1) is 42.9. The summed E-state index contributed by atoms with van der Waals surface area (Å²) in [6, 6.07) is 44.0. The highest BCUT2D eigenvalue weighted by Crippen LogP contribution is 2.19. The molecule has 6 aromatic rings. The molecule has 0 saturated carbocycles. The standard InChI is InChI=1S/C45H39I3N4O6/c46-34-7-13-37(14-8-34)49-43(53)31-1-19-40(20-2-31)56-28-25-52(26-29-57-41-21-3-32(4-22-41)44(54)50-38-15-9-35(47)10-16-38)27-30-58-42-23-5-33(6-24-42)45(55)51-39-17-11-36(48)12-18-39/h1-24H,25-30H2,(H,49,53)(H,50,54)(H,51,55). The molecule has 0 heterocycles. The Morgan fingerprint density at radius 2 is 0.621 bits per heavy atom. The Morgan fingerprint density at radius 1 is 0.379 bits per heavy atom. The molecule has 3 amide bonds. The molecule has 0 spiro atoms. The van der Waals surface area contributed by atoms with Gasteiger partial charge in [-0.3, -0.25) is 19.3 Å². The van der Waals surface area contributed by atoms with Gasteiger partial charge in [0.05, 0.1) is 0 Å². The van der Waals surface area contributed by atoms with E-state index in [9.17, 15) is 14.4 Å². The number of hydrogen-bond donors (Lipinski definition) is 3. The summed E-state index contributed by atoms with van der Waals surface area (Å²) in [6.07, 6.45) is 0. The Morgan fingerprint density at radius 3 is 0.862 bits per heavy atom. The van der Waals surface area contributed by atoms with Gasteiger partial charge in [0, 0.05) is 64.1 Å². The van der Waals surface area contributed by atoms with E-state index in [1.807, 2.05) is 72.8 Å². The van der Waals surface area contributed by atoms with E-state index >= 15 is 0 Å². The highest BCUT2D eigenvalue weighted by molar-refractivity contribution is 14.1. The number of carbonyl (C=O) groups excluding carboxylic acids is 3. The van der Waals surface area contributed by atoms with Crippen LogP contribution in [0.2, 0.25) is 0 Å². The van der Waals surface area contributed by atoms with Gasteiger partial charge in [-0.15, -0.1) is 0 Å². The molecule has 296 valence electrons. The van der Waals surface area contributed by atoms with Gasteiger partial charge in [0.2, 0.25) is 0 Å². The van der Waals surface area contributed by atoms with Gasteiger partial charge in [-0.05, 0) is 213 Å². The zero-order valence-electron chi connectivity index (χ0n) is 31.1. The summed E-state index contributed by atoms with van der Waals surface area (Å²) in [5, 5.41) is 8.74. The lowest BCUT2D eigenvalue weighted by Gasteiger charge is -2.23. The third kappa shape index (κ3) is 13.7. The molecule has 3 N–H and O–H groups in total. The molecular weight excluding hydrogens is 1070 g/mol. The lowest BCUT2D eigenvalue weighted by atomic mass is 10.2. The molecule has 0 aliphatic carbocycles.